The van der Waals surface area contributed by atoms with Crippen LogP contribution in [0, 0.1) is 13.8 Å². The van der Waals surface area contributed by atoms with Crippen molar-refractivity contribution in [3.63, 3.8) is 0 Å². The lowest BCUT2D eigenvalue weighted by Crippen LogP contribution is -2.38. The number of anilines is 2. The van der Waals surface area contributed by atoms with Crippen molar-refractivity contribution in [2.45, 2.75) is 45.4 Å². The molecule has 3 aromatic rings. The molecule has 0 bridgehead atoms. The van der Waals surface area contributed by atoms with Crippen LogP contribution >= 0.6 is 0 Å². The molecule has 0 spiro atoms. The van der Waals surface area contributed by atoms with Crippen LogP contribution in [-0.4, -0.2) is 44.0 Å². The maximum absolute atomic E-state index is 12.5. The van der Waals surface area contributed by atoms with Crippen LogP contribution in [0.15, 0.2) is 41.2 Å². The Bertz CT molecular complexity index is 993. The first-order chi connectivity index (χ1) is 14.6. The highest BCUT2D eigenvalue weighted by Gasteiger charge is 2.24. The van der Waals surface area contributed by atoms with E-state index in [1.54, 1.807) is 13.1 Å². The van der Waals surface area contributed by atoms with Gasteiger partial charge in [-0.25, -0.2) is 4.98 Å². The number of hydrogen-bond acceptors (Lipinski definition) is 7. The van der Waals surface area contributed by atoms with E-state index in [1.807, 2.05) is 36.2 Å². The topological polar surface area (TPSA) is 97.0 Å². The molecule has 0 atom stereocenters. The fourth-order valence-electron chi connectivity index (χ4n) is 3.71. The average Bonchev–Trinajstić information content (AvgIpc) is 3.19. The van der Waals surface area contributed by atoms with Crippen molar-refractivity contribution < 1.29 is 9.32 Å². The van der Waals surface area contributed by atoms with E-state index in [9.17, 15) is 4.79 Å². The number of amides is 1. The lowest BCUT2D eigenvalue weighted by molar-refractivity contribution is -0.132. The van der Waals surface area contributed by atoms with Crippen LogP contribution in [0.4, 0.5) is 11.5 Å². The number of pyridine rings is 2. The third-order valence-electron chi connectivity index (χ3n) is 5.45. The minimum absolute atomic E-state index is 0.141. The van der Waals surface area contributed by atoms with Gasteiger partial charge < -0.3 is 14.7 Å². The number of carbonyl (C=O) groups excluding carboxylic acids is 1. The Balaban J connectivity index is 1.27. The zero-order valence-corrected chi connectivity index (χ0v) is 17.3. The van der Waals surface area contributed by atoms with E-state index >= 15 is 0 Å². The molecule has 1 saturated heterocycles. The van der Waals surface area contributed by atoms with Gasteiger partial charge in [0.15, 0.2) is 5.82 Å². The summed E-state index contributed by atoms with van der Waals surface area (Å²) in [6.07, 6.45) is 6.36. The Labute approximate surface area is 175 Å². The third-order valence-corrected chi connectivity index (χ3v) is 5.45. The number of aryl methyl sites for hydroxylation is 3. The predicted molar refractivity (Wildman–Crippen MR) is 112 cm³/mol. The van der Waals surface area contributed by atoms with Crippen LogP contribution in [0.5, 0.6) is 0 Å². The number of carbonyl (C=O) groups is 1. The van der Waals surface area contributed by atoms with Crippen molar-refractivity contribution in [3.8, 4) is 0 Å². The molecule has 4 rings (SSSR count). The van der Waals surface area contributed by atoms with Crippen molar-refractivity contribution in [2.75, 3.05) is 18.4 Å². The van der Waals surface area contributed by atoms with Gasteiger partial charge in [-0.05, 0) is 50.5 Å². The summed E-state index contributed by atoms with van der Waals surface area (Å²) < 4.78 is 5.08. The second-order valence-corrected chi connectivity index (χ2v) is 7.66. The summed E-state index contributed by atoms with van der Waals surface area (Å²) >= 11 is 0. The largest absolute Gasteiger partial charge is 0.343 e. The van der Waals surface area contributed by atoms with Crippen molar-refractivity contribution >= 4 is 17.4 Å². The Hall–Kier alpha value is -3.29. The van der Waals surface area contributed by atoms with E-state index in [0.717, 1.165) is 48.7 Å². The molecule has 1 fully saturated rings. The van der Waals surface area contributed by atoms with E-state index in [0.29, 0.717) is 30.5 Å². The number of nitrogens with zero attached hydrogens (tertiary/aromatic N) is 5. The van der Waals surface area contributed by atoms with Gasteiger partial charge in [0.1, 0.15) is 5.82 Å². The van der Waals surface area contributed by atoms with Gasteiger partial charge in [-0.3, -0.25) is 9.78 Å². The van der Waals surface area contributed by atoms with Gasteiger partial charge in [-0.1, -0.05) is 11.2 Å². The summed E-state index contributed by atoms with van der Waals surface area (Å²) in [6, 6.07) is 8.06. The predicted octanol–water partition coefficient (Wildman–Crippen LogP) is 3.56. The Kier molecular flexibility index (Phi) is 6.02. The number of aromatic nitrogens is 4. The molecular formula is C22H26N6O2. The van der Waals surface area contributed by atoms with Crippen molar-refractivity contribution in [2.24, 2.45) is 0 Å². The van der Waals surface area contributed by atoms with Gasteiger partial charge in [-0.2, -0.15) is 4.98 Å². The summed E-state index contributed by atoms with van der Waals surface area (Å²) in [5.41, 5.74) is 3.09. The molecule has 0 aromatic carbocycles. The lowest BCUT2D eigenvalue weighted by atomic mass is 9.93. The molecule has 1 aliphatic rings. The molecular weight excluding hydrogens is 380 g/mol. The van der Waals surface area contributed by atoms with Crippen molar-refractivity contribution in [1.82, 2.24) is 25.0 Å². The molecule has 0 radical (unpaired) electrons. The summed E-state index contributed by atoms with van der Waals surface area (Å²) in [6.45, 7) is 5.30. The fourth-order valence-corrected chi connectivity index (χ4v) is 3.71. The maximum Gasteiger partial charge on any atom is 0.227 e. The van der Waals surface area contributed by atoms with E-state index in [1.165, 1.54) is 0 Å². The van der Waals surface area contributed by atoms with Gasteiger partial charge in [-0.15, -0.1) is 0 Å². The highest BCUT2D eigenvalue weighted by molar-refractivity contribution is 5.76. The summed E-state index contributed by atoms with van der Waals surface area (Å²) in [5, 5.41) is 7.07. The average molecular weight is 406 g/mol. The molecule has 3 aromatic heterocycles. The van der Waals surface area contributed by atoms with Crippen LogP contribution in [0.3, 0.4) is 0 Å². The molecule has 0 saturated carbocycles. The molecule has 1 N–H and O–H groups in total. The van der Waals surface area contributed by atoms with Gasteiger partial charge in [0.25, 0.3) is 0 Å². The molecule has 156 valence electrons. The lowest BCUT2D eigenvalue weighted by Gasteiger charge is -2.31. The minimum Gasteiger partial charge on any atom is -0.343 e. The van der Waals surface area contributed by atoms with Gasteiger partial charge in [0.2, 0.25) is 11.8 Å². The first-order valence-electron chi connectivity index (χ1n) is 10.3. The first kappa shape index (κ1) is 20.0. The fraction of sp³-hybridized carbons (Fsp3) is 0.409. The molecule has 1 amide bonds. The number of likely N-dealkylation sites (tertiary alicyclic amines) is 1. The monoisotopic (exact) mass is 406 g/mol. The number of piperidine rings is 1. The van der Waals surface area contributed by atoms with Crippen LogP contribution in [0.25, 0.3) is 0 Å². The summed E-state index contributed by atoms with van der Waals surface area (Å²) in [7, 11) is 0. The van der Waals surface area contributed by atoms with Crippen LogP contribution in [0.2, 0.25) is 0 Å². The van der Waals surface area contributed by atoms with Crippen LogP contribution < -0.4 is 5.32 Å². The van der Waals surface area contributed by atoms with Gasteiger partial charge in [0, 0.05) is 43.7 Å². The molecule has 8 nitrogen and oxygen atoms in total. The summed E-state index contributed by atoms with van der Waals surface area (Å²) in [5.74, 6) is 2.48. The minimum atomic E-state index is 0.141. The normalized spacial score (nSPS) is 14.7. The molecule has 30 heavy (non-hydrogen) atoms. The standard InChI is InChI=1S/C22H26N6O2/c1-15-4-3-11-23-22(15)26-18-5-6-19(24-14-18)17-9-12-28(13-10-17)21(29)8-7-20-25-16(2)27-30-20/h3-6,11,14,17H,7-10,12-13H2,1-2H3,(H,23,26). The zero-order chi connectivity index (χ0) is 20.9. The zero-order valence-electron chi connectivity index (χ0n) is 17.3. The first-order valence-corrected chi connectivity index (χ1v) is 10.3. The molecule has 0 unspecified atom stereocenters. The van der Waals surface area contributed by atoms with Gasteiger partial charge in [0.05, 0.1) is 11.9 Å². The van der Waals surface area contributed by atoms with Crippen LogP contribution in [-0.2, 0) is 11.2 Å². The van der Waals surface area contributed by atoms with E-state index in [4.69, 9.17) is 4.52 Å². The second kappa shape index (κ2) is 9.02. The van der Waals surface area contributed by atoms with Crippen LogP contribution in [0.1, 0.15) is 48.2 Å². The Morgan fingerprint density at radius 1 is 1.20 bits per heavy atom. The van der Waals surface area contributed by atoms with E-state index in [2.05, 4.69) is 31.5 Å². The highest BCUT2D eigenvalue weighted by atomic mass is 16.5. The van der Waals surface area contributed by atoms with E-state index < -0.39 is 0 Å². The molecule has 1 aliphatic heterocycles. The number of rotatable bonds is 6. The smallest absolute Gasteiger partial charge is 0.227 e. The number of nitrogens with one attached hydrogen (secondary N) is 1. The Morgan fingerprint density at radius 3 is 2.70 bits per heavy atom. The Morgan fingerprint density at radius 2 is 2.03 bits per heavy atom. The summed E-state index contributed by atoms with van der Waals surface area (Å²) in [4.78, 5) is 27.6. The third kappa shape index (κ3) is 4.82. The molecule has 8 heteroatoms. The maximum atomic E-state index is 12.5. The SMILES string of the molecule is Cc1noc(CCC(=O)N2CCC(c3ccc(Nc4ncccc4C)cn3)CC2)n1. The second-order valence-electron chi connectivity index (χ2n) is 7.66. The molecule has 4 heterocycles. The molecule has 0 aliphatic carbocycles. The van der Waals surface area contributed by atoms with Gasteiger partial charge >= 0.3 is 0 Å². The quantitative estimate of drug-likeness (QED) is 0.668. The van der Waals surface area contributed by atoms with Crippen molar-refractivity contribution in [1.29, 1.82) is 0 Å². The number of hydrogen-bond donors (Lipinski definition) is 1. The van der Waals surface area contributed by atoms with Crippen molar-refractivity contribution in [3.05, 3.63) is 59.6 Å². The highest BCUT2D eigenvalue weighted by Crippen LogP contribution is 2.28. The van der Waals surface area contributed by atoms with E-state index in [-0.39, 0.29) is 5.91 Å².